The van der Waals surface area contributed by atoms with Crippen LogP contribution >= 0.6 is 23.2 Å². The molecule has 14 heavy (non-hydrogen) atoms. The summed E-state index contributed by atoms with van der Waals surface area (Å²) >= 11 is 11.2. The Kier molecular flexibility index (Phi) is 3.43. The largest absolute Gasteiger partial charge is 0.423 e. The molecule has 0 saturated heterocycles. The van der Waals surface area contributed by atoms with Crippen LogP contribution in [0.2, 0.25) is 10.3 Å². The summed E-state index contributed by atoms with van der Waals surface area (Å²) in [4.78, 5) is 24.9. The third kappa shape index (κ3) is 2.43. The van der Waals surface area contributed by atoms with Crippen LogP contribution in [0.3, 0.4) is 0 Å². The van der Waals surface area contributed by atoms with E-state index < -0.39 is 5.97 Å². The Morgan fingerprint density at radius 2 is 2.21 bits per heavy atom. The zero-order chi connectivity index (χ0) is 10.7. The lowest BCUT2D eigenvalue weighted by Gasteiger charge is -2.05. The molecule has 0 fully saturated rings. The SMILES string of the molecule is CC(=O)Oc1c(C=O)cc(Cl)nc1Cl. The van der Waals surface area contributed by atoms with Gasteiger partial charge in [-0.3, -0.25) is 9.59 Å². The molecule has 0 N–H and O–H groups in total. The van der Waals surface area contributed by atoms with Gasteiger partial charge in [0.15, 0.2) is 17.2 Å². The number of aromatic nitrogens is 1. The van der Waals surface area contributed by atoms with E-state index in [1.807, 2.05) is 0 Å². The van der Waals surface area contributed by atoms with Gasteiger partial charge in [0, 0.05) is 6.92 Å². The molecule has 1 rings (SSSR count). The normalized spacial score (nSPS) is 9.64. The van der Waals surface area contributed by atoms with Crippen LogP contribution in [0.15, 0.2) is 6.07 Å². The molecule has 0 aliphatic carbocycles. The highest BCUT2D eigenvalue weighted by atomic mass is 35.5. The number of pyridine rings is 1. The minimum atomic E-state index is -0.584. The minimum absolute atomic E-state index is 0.0630. The first kappa shape index (κ1) is 10.9. The van der Waals surface area contributed by atoms with Crippen molar-refractivity contribution in [2.24, 2.45) is 0 Å². The first-order valence-corrected chi connectivity index (χ1v) is 4.30. The Balaban J connectivity index is 3.24. The number of carbonyl (C=O) groups is 2. The number of hydrogen-bond donors (Lipinski definition) is 0. The summed E-state index contributed by atoms with van der Waals surface area (Å²) < 4.78 is 4.70. The Morgan fingerprint density at radius 1 is 1.57 bits per heavy atom. The van der Waals surface area contributed by atoms with E-state index in [4.69, 9.17) is 27.9 Å². The van der Waals surface area contributed by atoms with Crippen molar-refractivity contribution in [2.75, 3.05) is 0 Å². The molecule has 0 saturated carbocycles. The standard InChI is InChI=1S/C8H5Cl2NO3/c1-4(13)14-7-5(3-12)2-6(9)11-8(7)10/h2-3H,1H3. The fourth-order valence-corrected chi connectivity index (χ4v) is 1.31. The van der Waals surface area contributed by atoms with E-state index in [1.54, 1.807) is 0 Å². The maximum absolute atomic E-state index is 10.7. The summed E-state index contributed by atoms with van der Waals surface area (Å²) in [7, 11) is 0. The summed E-state index contributed by atoms with van der Waals surface area (Å²) in [5.74, 6) is -0.655. The van der Waals surface area contributed by atoms with Gasteiger partial charge in [-0.1, -0.05) is 23.2 Å². The molecule has 0 atom stereocenters. The van der Waals surface area contributed by atoms with E-state index in [0.29, 0.717) is 6.29 Å². The van der Waals surface area contributed by atoms with E-state index in [2.05, 4.69) is 4.98 Å². The van der Waals surface area contributed by atoms with E-state index >= 15 is 0 Å². The minimum Gasteiger partial charge on any atom is -0.423 e. The smallest absolute Gasteiger partial charge is 0.308 e. The third-order valence-corrected chi connectivity index (χ3v) is 1.75. The molecule has 0 amide bonds. The highest BCUT2D eigenvalue weighted by Gasteiger charge is 2.13. The van der Waals surface area contributed by atoms with Crippen molar-refractivity contribution in [1.29, 1.82) is 0 Å². The van der Waals surface area contributed by atoms with E-state index in [-0.39, 0.29) is 21.6 Å². The van der Waals surface area contributed by atoms with Gasteiger partial charge >= 0.3 is 5.97 Å². The summed E-state index contributed by atoms with van der Waals surface area (Å²) in [6.45, 7) is 1.19. The molecule has 1 aromatic heterocycles. The van der Waals surface area contributed by atoms with Gasteiger partial charge in [-0.25, -0.2) is 4.98 Å². The molecular weight excluding hydrogens is 229 g/mol. The number of rotatable bonds is 2. The Hall–Kier alpha value is -1.13. The van der Waals surface area contributed by atoms with Crippen molar-refractivity contribution < 1.29 is 14.3 Å². The Labute approximate surface area is 89.8 Å². The van der Waals surface area contributed by atoms with Gasteiger partial charge < -0.3 is 4.74 Å². The second-order valence-electron chi connectivity index (χ2n) is 2.37. The zero-order valence-corrected chi connectivity index (χ0v) is 8.59. The molecule has 0 aliphatic heterocycles. The lowest BCUT2D eigenvalue weighted by atomic mass is 10.3. The molecule has 0 bridgehead atoms. The number of hydrogen-bond acceptors (Lipinski definition) is 4. The van der Waals surface area contributed by atoms with Crippen molar-refractivity contribution >= 4 is 35.5 Å². The maximum Gasteiger partial charge on any atom is 0.308 e. The van der Waals surface area contributed by atoms with Crippen LogP contribution < -0.4 is 4.74 Å². The quantitative estimate of drug-likeness (QED) is 0.446. The van der Waals surface area contributed by atoms with Crippen LogP contribution in [0.5, 0.6) is 5.75 Å². The van der Waals surface area contributed by atoms with Gasteiger partial charge in [0.05, 0.1) is 5.56 Å². The molecular formula is C8H5Cl2NO3. The van der Waals surface area contributed by atoms with Gasteiger partial charge in [0.2, 0.25) is 0 Å². The van der Waals surface area contributed by atoms with Gasteiger partial charge in [-0.05, 0) is 6.07 Å². The molecule has 4 nitrogen and oxygen atoms in total. The highest BCUT2D eigenvalue weighted by molar-refractivity contribution is 6.34. The van der Waals surface area contributed by atoms with Crippen molar-refractivity contribution in [1.82, 2.24) is 4.98 Å². The zero-order valence-electron chi connectivity index (χ0n) is 7.08. The Morgan fingerprint density at radius 3 is 2.71 bits per heavy atom. The molecule has 0 radical (unpaired) electrons. The van der Waals surface area contributed by atoms with Crippen LogP contribution in [0, 0.1) is 0 Å². The lowest BCUT2D eigenvalue weighted by molar-refractivity contribution is -0.131. The Bertz CT molecular complexity index is 392. The van der Waals surface area contributed by atoms with Crippen LogP contribution in [0.4, 0.5) is 0 Å². The summed E-state index contributed by atoms with van der Waals surface area (Å²) in [5.41, 5.74) is 0.0881. The van der Waals surface area contributed by atoms with Gasteiger partial charge in [-0.15, -0.1) is 0 Å². The number of esters is 1. The number of carbonyl (C=O) groups excluding carboxylic acids is 2. The molecule has 1 aromatic rings. The van der Waals surface area contributed by atoms with Crippen LogP contribution in [0.1, 0.15) is 17.3 Å². The predicted octanol–water partition coefficient (Wildman–Crippen LogP) is 2.13. The average Bonchev–Trinajstić information content (AvgIpc) is 2.08. The maximum atomic E-state index is 10.7. The number of ether oxygens (including phenoxy) is 1. The lowest BCUT2D eigenvalue weighted by Crippen LogP contribution is -2.05. The van der Waals surface area contributed by atoms with Crippen LogP contribution in [-0.4, -0.2) is 17.2 Å². The molecule has 1 heterocycles. The van der Waals surface area contributed by atoms with Crippen molar-refractivity contribution in [3.63, 3.8) is 0 Å². The van der Waals surface area contributed by atoms with Crippen molar-refractivity contribution in [3.05, 3.63) is 21.9 Å². The van der Waals surface area contributed by atoms with Gasteiger partial charge in [0.1, 0.15) is 5.15 Å². The molecule has 0 spiro atoms. The van der Waals surface area contributed by atoms with Crippen LogP contribution in [-0.2, 0) is 4.79 Å². The van der Waals surface area contributed by atoms with Crippen LogP contribution in [0.25, 0.3) is 0 Å². The average molecular weight is 234 g/mol. The monoisotopic (exact) mass is 233 g/mol. The summed E-state index contributed by atoms with van der Waals surface area (Å²) in [6, 6.07) is 1.26. The molecule has 6 heteroatoms. The van der Waals surface area contributed by atoms with Crippen molar-refractivity contribution in [2.45, 2.75) is 6.92 Å². The number of halogens is 2. The molecule has 0 unspecified atom stereocenters. The third-order valence-electron chi connectivity index (χ3n) is 1.30. The fourth-order valence-electron chi connectivity index (χ4n) is 0.822. The predicted molar refractivity (Wildman–Crippen MR) is 51.0 cm³/mol. The summed E-state index contributed by atoms with van der Waals surface area (Å²) in [6.07, 6.45) is 0.484. The van der Waals surface area contributed by atoms with E-state index in [9.17, 15) is 9.59 Å². The van der Waals surface area contributed by atoms with E-state index in [0.717, 1.165) is 0 Å². The fraction of sp³-hybridized carbons (Fsp3) is 0.125. The summed E-state index contributed by atoms with van der Waals surface area (Å²) in [5, 5.41) is -0.0530. The second kappa shape index (κ2) is 4.39. The first-order chi connectivity index (χ1) is 6.54. The first-order valence-electron chi connectivity index (χ1n) is 3.54. The number of nitrogens with zero attached hydrogens (tertiary/aromatic N) is 1. The molecule has 0 aromatic carbocycles. The highest BCUT2D eigenvalue weighted by Crippen LogP contribution is 2.28. The van der Waals surface area contributed by atoms with E-state index in [1.165, 1.54) is 13.0 Å². The molecule has 0 aliphatic rings. The molecule has 74 valence electrons. The van der Waals surface area contributed by atoms with Gasteiger partial charge in [-0.2, -0.15) is 0 Å². The number of aldehydes is 1. The van der Waals surface area contributed by atoms with Crippen molar-refractivity contribution in [3.8, 4) is 5.75 Å². The topological polar surface area (TPSA) is 56.3 Å². The van der Waals surface area contributed by atoms with Gasteiger partial charge in [0.25, 0.3) is 0 Å². The second-order valence-corrected chi connectivity index (χ2v) is 3.11.